The Bertz CT molecular complexity index is 1930. The Morgan fingerprint density at radius 3 is 2.30 bits per heavy atom. The van der Waals surface area contributed by atoms with Crippen molar-refractivity contribution in [2.75, 3.05) is 37.5 Å². The number of fused-ring (bicyclic) bond motifs is 1. The molecule has 0 spiro atoms. The third-order valence-electron chi connectivity index (χ3n) is 7.23. The number of benzene rings is 2. The standard InChI is InChI=1S/C28H29ClF2N6O3S.CH4O3S/c1-37(2)20-7-5-19(6-8-20)34-28-33-14-17-12-16(4-10-22(17)35-28)25-21(30)9-11-23(26(25)31)36-41(38,39)24-13-18(29)15-32-27(24)40-3;1-5(2,3)4/h4,9-15,19-20,36H,5-8H2,1-3H3,(H,33,34,35);1H3,(H,2,3,4)/t19-,20-;. The molecule has 2 aromatic carbocycles. The first kappa shape index (κ1) is 35.2. The largest absolute Gasteiger partial charge is 0.480 e. The van der Waals surface area contributed by atoms with Crippen molar-refractivity contribution in [3.63, 3.8) is 0 Å². The van der Waals surface area contributed by atoms with Crippen LogP contribution in [0.15, 0.2) is 53.7 Å². The van der Waals surface area contributed by atoms with Crippen LogP contribution in [0.3, 0.4) is 0 Å². The van der Waals surface area contributed by atoms with Crippen molar-refractivity contribution < 1.29 is 34.9 Å². The summed E-state index contributed by atoms with van der Waals surface area (Å²) in [7, 11) is -2.61. The van der Waals surface area contributed by atoms with E-state index in [1.807, 2.05) is 0 Å². The molecule has 1 saturated carbocycles. The van der Waals surface area contributed by atoms with Gasteiger partial charge < -0.3 is 15.0 Å². The summed E-state index contributed by atoms with van der Waals surface area (Å²) in [5, 5.41) is 4.02. The second-order valence-corrected chi connectivity index (χ2v) is 14.4. The van der Waals surface area contributed by atoms with Crippen molar-refractivity contribution in [1.29, 1.82) is 0 Å². The van der Waals surface area contributed by atoms with Gasteiger partial charge in [-0.1, -0.05) is 17.7 Å². The number of hydrogen-bond acceptors (Lipinski definition) is 10. The Hall–Kier alpha value is -3.70. The Balaban J connectivity index is 0.000000892. The van der Waals surface area contributed by atoms with Gasteiger partial charge in [0.1, 0.15) is 5.82 Å². The summed E-state index contributed by atoms with van der Waals surface area (Å²) >= 11 is 5.91. The highest BCUT2D eigenvalue weighted by Crippen LogP contribution is 2.34. The zero-order chi connectivity index (χ0) is 33.8. The van der Waals surface area contributed by atoms with Gasteiger partial charge in [0.2, 0.25) is 11.8 Å². The molecule has 1 aliphatic rings. The lowest BCUT2D eigenvalue weighted by atomic mass is 9.91. The lowest BCUT2D eigenvalue weighted by molar-refractivity contribution is 0.221. The summed E-state index contributed by atoms with van der Waals surface area (Å²) in [4.78, 5) is 14.7. The number of sulfonamides is 1. The van der Waals surface area contributed by atoms with E-state index >= 15 is 4.39 Å². The van der Waals surface area contributed by atoms with Crippen LogP contribution >= 0.6 is 11.6 Å². The number of rotatable bonds is 8. The van der Waals surface area contributed by atoms with Crippen molar-refractivity contribution in [3.8, 4) is 17.0 Å². The zero-order valence-electron chi connectivity index (χ0n) is 25.3. The number of nitrogens with zero attached hydrogens (tertiary/aromatic N) is 4. The van der Waals surface area contributed by atoms with Crippen LogP contribution in [0.5, 0.6) is 5.88 Å². The first-order chi connectivity index (χ1) is 21.6. The smallest absolute Gasteiger partial charge is 0.267 e. The molecule has 0 radical (unpaired) electrons. The van der Waals surface area contributed by atoms with Crippen LogP contribution in [-0.2, 0) is 20.1 Å². The molecule has 0 amide bonds. The van der Waals surface area contributed by atoms with Gasteiger partial charge >= 0.3 is 0 Å². The lowest BCUT2D eigenvalue weighted by Gasteiger charge is -2.32. The molecule has 0 unspecified atom stereocenters. The molecule has 0 aliphatic heterocycles. The number of methoxy groups -OCH3 is 1. The number of ether oxygens (including phenoxy) is 1. The highest BCUT2D eigenvalue weighted by Gasteiger charge is 2.26. The molecular formula is C29H33ClF2N6O6S2. The van der Waals surface area contributed by atoms with Crippen molar-refractivity contribution in [1.82, 2.24) is 19.9 Å². The molecule has 4 aromatic rings. The van der Waals surface area contributed by atoms with Gasteiger partial charge in [-0.3, -0.25) is 9.27 Å². The molecule has 2 heterocycles. The molecule has 0 bridgehead atoms. The highest BCUT2D eigenvalue weighted by atomic mass is 35.5. The van der Waals surface area contributed by atoms with Crippen LogP contribution in [0, 0.1) is 11.6 Å². The van der Waals surface area contributed by atoms with Crippen LogP contribution in [0.25, 0.3) is 22.0 Å². The molecule has 12 nitrogen and oxygen atoms in total. The molecule has 0 saturated heterocycles. The van der Waals surface area contributed by atoms with Crippen molar-refractivity contribution in [2.24, 2.45) is 0 Å². The molecule has 17 heteroatoms. The number of anilines is 2. The second-order valence-electron chi connectivity index (χ2n) is 10.9. The minimum atomic E-state index is -4.39. The van der Waals surface area contributed by atoms with E-state index in [4.69, 9.17) is 20.9 Å². The van der Waals surface area contributed by atoms with E-state index in [-0.39, 0.29) is 22.5 Å². The fourth-order valence-electron chi connectivity index (χ4n) is 5.03. The third kappa shape index (κ3) is 8.97. The molecule has 1 aliphatic carbocycles. The SMILES string of the molecule is COc1ncc(Cl)cc1S(=O)(=O)Nc1ccc(F)c(-c2ccc3nc(N[C@H]4CC[C@H](N(C)C)CC4)ncc3c2)c1F.CS(=O)(=O)O. The highest BCUT2D eigenvalue weighted by molar-refractivity contribution is 7.92. The van der Waals surface area contributed by atoms with Crippen LogP contribution < -0.4 is 14.8 Å². The summed E-state index contributed by atoms with van der Waals surface area (Å²) < 4.78 is 89.7. The lowest BCUT2D eigenvalue weighted by Crippen LogP contribution is -2.36. The predicted molar refractivity (Wildman–Crippen MR) is 172 cm³/mol. The number of pyridine rings is 1. The van der Waals surface area contributed by atoms with Gasteiger partial charge in [0, 0.05) is 29.9 Å². The maximum absolute atomic E-state index is 15.6. The average molecular weight is 699 g/mol. The van der Waals surface area contributed by atoms with Gasteiger partial charge in [0.05, 0.1) is 35.2 Å². The normalized spacial score (nSPS) is 16.9. The number of hydrogen-bond donors (Lipinski definition) is 3. The van der Waals surface area contributed by atoms with E-state index in [0.29, 0.717) is 29.1 Å². The van der Waals surface area contributed by atoms with Crippen LogP contribution in [0.4, 0.5) is 20.4 Å². The Labute approximate surface area is 271 Å². The minimum Gasteiger partial charge on any atom is -0.480 e. The minimum absolute atomic E-state index is 0.0416. The van der Waals surface area contributed by atoms with Crippen molar-refractivity contribution >= 4 is 54.3 Å². The summed E-state index contributed by atoms with van der Waals surface area (Å²) in [6, 6.07) is 8.72. The molecule has 0 atom stereocenters. The van der Waals surface area contributed by atoms with E-state index in [1.165, 1.54) is 19.4 Å². The zero-order valence-corrected chi connectivity index (χ0v) is 27.7. The van der Waals surface area contributed by atoms with Gasteiger partial charge in [-0.15, -0.1) is 0 Å². The van der Waals surface area contributed by atoms with Gasteiger partial charge in [0.25, 0.3) is 20.1 Å². The van der Waals surface area contributed by atoms with Crippen LogP contribution in [-0.4, -0.2) is 80.8 Å². The van der Waals surface area contributed by atoms with Crippen molar-refractivity contribution in [3.05, 3.63) is 65.4 Å². The van der Waals surface area contributed by atoms with E-state index < -0.39 is 47.9 Å². The first-order valence-corrected chi connectivity index (χ1v) is 17.6. The van der Waals surface area contributed by atoms with Gasteiger partial charge in [-0.05, 0) is 75.7 Å². The first-order valence-electron chi connectivity index (χ1n) is 13.9. The number of nitrogens with one attached hydrogen (secondary N) is 2. The molecule has 3 N–H and O–H groups in total. The Morgan fingerprint density at radius 2 is 1.67 bits per heavy atom. The molecule has 46 heavy (non-hydrogen) atoms. The quantitative estimate of drug-likeness (QED) is 0.207. The van der Waals surface area contributed by atoms with Gasteiger partial charge in [0.15, 0.2) is 10.7 Å². The molecule has 5 rings (SSSR count). The predicted octanol–water partition coefficient (Wildman–Crippen LogP) is 5.22. The number of halogens is 3. The maximum Gasteiger partial charge on any atom is 0.267 e. The Morgan fingerprint density at radius 1 is 1.00 bits per heavy atom. The third-order valence-corrected chi connectivity index (χ3v) is 8.80. The fourth-order valence-corrected chi connectivity index (χ4v) is 6.45. The number of aromatic nitrogens is 3. The second kappa shape index (κ2) is 14.4. The fraction of sp³-hybridized carbons (Fsp3) is 0.345. The van der Waals surface area contributed by atoms with Crippen molar-refractivity contribution in [2.45, 2.75) is 42.7 Å². The molecule has 2 aromatic heterocycles. The van der Waals surface area contributed by atoms with E-state index in [9.17, 15) is 21.2 Å². The summed E-state index contributed by atoms with van der Waals surface area (Å²) in [6.45, 7) is 0. The van der Waals surface area contributed by atoms with E-state index in [2.05, 4.69) is 44.0 Å². The summed E-state index contributed by atoms with van der Waals surface area (Å²) in [5.41, 5.74) is -0.0558. The summed E-state index contributed by atoms with van der Waals surface area (Å²) in [6.07, 6.45) is 7.75. The topological polar surface area (TPSA) is 164 Å². The maximum atomic E-state index is 15.6. The Kier molecular flexibility index (Phi) is 11.0. The van der Waals surface area contributed by atoms with Gasteiger partial charge in [-0.2, -0.15) is 8.42 Å². The van der Waals surface area contributed by atoms with E-state index in [0.717, 1.165) is 43.9 Å². The molecule has 1 fully saturated rings. The average Bonchev–Trinajstić information content (AvgIpc) is 2.98. The van der Waals surface area contributed by atoms with Crippen LogP contribution in [0.2, 0.25) is 5.02 Å². The molecular weight excluding hydrogens is 666 g/mol. The molecule has 248 valence electrons. The van der Waals surface area contributed by atoms with E-state index in [1.54, 1.807) is 18.3 Å². The monoisotopic (exact) mass is 698 g/mol. The van der Waals surface area contributed by atoms with Gasteiger partial charge in [-0.25, -0.2) is 32.2 Å². The van der Waals surface area contributed by atoms with Crippen LogP contribution in [0.1, 0.15) is 25.7 Å². The summed E-state index contributed by atoms with van der Waals surface area (Å²) in [5.74, 6) is -1.68.